The molecule has 8 nitrogen and oxygen atoms in total. The highest BCUT2D eigenvalue weighted by atomic mass is 16.6. The number of aliphatic hydroxyl groups is 4. The molecule has 0 unspecified atom stereocenters. The lowest BCUT2D eigenvalue weighted by atomic mass is 9.98. The molecule has 1 amide bonds. The number of carbonyl (C=O) groups is 1. The molecule has 1 fully saturated rings. The second-order valence-corrected chi connectivity index (χ2v) is 3.52. The van der Waals surface area contributed by atoms with Gasteiger partial charge in [-0.3, -0.25) is 4.79 Å². The van der Waals surface area contributed by atoms with Crippen LogP contribution >= 0.6 is 0 Å². The second-order valence-electron chi connectivity index (χ2n) is 3.52. The van der Waals surface area contributed by atoms with Crippen LogP contribution in [0.4, 0.5) is 0 Å². The molecular formula is C8H16N2O6. The van der Waals surface area contributed by atoms with Crippen LogP contribution < -0.4 is 11.1 Å². The third-order valence-corrected chi connectivity index (χ3v) is 2.38. The lowest BCUT2D eigenvalue weighted by Gasteiger charge is -2.40. The Kier molecular flexibility index (Phi) is 4.59. The number of hydrogen-bond donors (Lipinski definition) is 6. The number of nitrogens with two attached hydrogens (primary N) is 1. The molecule has 1 aliphatic rings. The maximum atomic E-state index is 11.0. The molecule has 0 radical (unpaired) electrons. The van der Waals surface area contributed by atoms with Crippen LogP contribution in [-0.2, 0) is 9.53 Å². The Morgan fingerprint density at radius 3 is 2.38 bits per heavy atom. The van der Waals surface area contributed by atoms with E-state index in [0.29, 0.717) is 0 Å². The van der Waals surface area contributed by atoms with E-state index < -0.39 is 43.2 Å². The first kappa shape index (κ1) is 13.3. The van der Waals surface area contributed by atoms with Gasteiger partial charge in [0.2, 0.25) is 5.91 Å². The summed E-state index contributed by atoms with van der Waals surface area (Å²) in [5.74, 6) is -0.579. The van der Waals surface area contributed by atoms with E-state index in [4.69, 9.17) is 15.6 Å². The van der Waals surface area contributed by atoms with E-state index in [1.54, 1.807) is 0 Å². The van der Waals surface area contributed by atoms with Gasteiger partial charge in [0.1, 0.15) is 24.4 Å². The molecule has 0 aromatic heterocycles. The lowest BCUT2D eigenvalue weighted by Crippen LogP contribution is -2.63. The molecule has 0 aromatic rings. The Morgan fingerprint density at radius 1 is 1.25 bits per heavy atom. The molecule has 5 atom stereocenters. The summed E-state index contributed by atoms with van der Waals surface area (Å²) in [6.45, 7) is -0.838. The Bertz CT molecular complexity index is 249. The van der Waals surface area contributed by atoms with Gasteiger partial charge >= 0.3 is 0 Å². The minimum absolute atomic E-state index is 0.297. The smallest absolute Gasteiger partial charge is 0.235 e. The van der Waals surface area contributed by atoms with Crippen molar-refractivity contribution in [3.05, 3.63) is 0 Å². The molecule has 0 aromatic carbocycles. The van der Waals surface area contributed by atoms with Crippen molar-refractivity contribution in [3.8, 4) is 0 Å². The predicted molar refractivity (Wildman–Crippen MR) is 51.0 cm³/mol. The summed E-state index contributed by atoms with van der Waals surface area (Å²) < 4.78 is 5.01. The number of ether oxygens (including phenoxy) is 1. The zero-order chi connectivity index (χ0) is 12.3. The van der Waals surface area contributed by atoms with Crippen LogP contribution in [0.25, 0.3) is 0 Å². The highest BCUT2D eigenvalue weighted by Crippen LogP contribution is 2.19. The van der Waals surface area contributed by atoms with Crippen LogP contribution in [-0.4, -0.2) is 70.1 Å². The molecular weight excluding hydrogens is 220 g/mol. The van der Waals surface area contributed by atoms with Crippen molar-refractivity contribution in [2.24, 2.45) is 5.73 Å². The van der Waals surface area contributed by atoms with Crippen LogP contribution in [0.3, 0.4) is 0 Å². The molecule has 0 saturated carbocycles. The van der Waals surface area contributed by atoms with E-state index in [1.165, 1.54) is 0 Å². The fraction of sp³-hybridized carbons (Fsp3) is 0.875. The molecule has 8 heteroatoms. The van der Waals surface area contributed by atoms with E-state index in [0.717, 1.165) is 0 Å². The first-order chi connectivity index (χ1) is 7.51. The first-order valence-electron chi connectivity index (χ1n) is 4.81. The molecule has 94 valence electrons. The van der Waals surface area contributed by atoms with Gasteiger partial charge in [-0.1, -0.05) is 0 Å². The van der Waals surface area contributed by atoms with Crippen molar-refractivity contribution in [2.75, 3.05) is 13.2 Å². The van der Waals surface area contributed by atoms with Crippen molar-refractivity contribution in [1.82, 2.24) is 5.32 Å². The van der Waals surface area contributed by atoms with Gasteiger partial charge in [0.15, 0.2) is 6.23 Å². The van der Waals surface area contributed by atoms with E-state index in [-0.39, 0.29) is 6.54 Å². The molecule has 16 heavy (non-hydrogen) atoms. The largest absolute Gasteiger partial charge is 0.394 e. The summed E-state index contributed by atoms with van der Waals surface area (Å²) in [5, 5.41) is 39.4. The Labute approximate surface area is 91.6 Å². The van der Waals surface area contributed by atoms with Crippen molar-refractivity contribution in [1.29, 1.82) is 0 Å². The van der Waals surface area contributed by atoms with Gasteiger partial charge in [-0.05, 0) is 0 Å². The molecule has 0 spiro atoms. The quantitative estimate of drug-likeness (QED) is 0.292. The van der Waals surface area contributed by atoms with Crippen molar-refractivity contribution >= 4 is 5.91 Å². The zero-order valence-corrected chi connectivity index (χ0v) is 8.48. The van der Waals surface area contributed by atoms with Gasteiger partial charge in [0, 0.05) is 0 Å². The van der Waals surface area contributed by atoms with Gasteiger partial charge in [0.25, 0.3) is 0 Å². The van der Waals surface area contributed by atoms with Crippen molar-refractivity contribution < 1.29 is 30.0 Å². The minimum atomic E-state index is -1.51. The average molecular weight is 236 g/mol. The second kappa shape index (κ2) is 5.53. The summed E-state index contributed by atoms with van der Waals surface area (Å²) in [5.41, 5.74) is 5.05. The summed E-state index contributed by atoms with van der Waals surface area (Å²) >= 11 is 0. The molecule has 0 aliphatic carbocycles. The van der Waals surface area contributed by atoms with Crippen LogP contribution in [0.1, 0.15) is 0 Å². The summed E-state index contributed by atoms with van der Waals surface area (Å²) in [4.78, 5) is 11.0. The van der Waals surface area contributed by atoms with Gasteiger partial charge < -0.3 is 36.2 Å². The van der Waals surface area contributed by atoms with Crippen molar-refractivity contribution in [3.63, 3.8) is 0 Å². The predicted octanol–water partition coefficient (Wildman–Crippen LogP) is -4.14. The molecule has 0 bridgehead atoms. The van der Waals surface area contributed by atoms with E-state index in [2.05, 4.69) is 5.32 Å². The Hall–Kier alpha value is -0.770. The topological polar surface area (TPSA) is 145 Å². The third-order valence-electron chi connectivity index (χ3n) is 2.38. The monoisotopic (exact) mass is 236 g/mol. The fourth-order valence-electron chi connectivity index (χ4n) is 1.44. The van der Waals surface area contributed by atoms with Crippen LogP contribution in [0, 0.1) is 0 Å². The number of rotatable bonds is 3. The standard InChI is InChI=1S/C8H16N2O6/c9-1-4(12)10-8-7(15)6(14)5(13)3(2-11)16-8/h3,5-8,11,13-15H,1-2,9H2,(H,10,12)/t3-,5-,6+,7-,8-/m1/s1. The molecule has 1 rings (SSSR count). The van der Waals surface area contributed by atoms with Gasteiger partial charge in [-0.2, -0.15) is 0 Å². The average Bonchev–Trinajstić information content (AvgIpc) is 2.29. The summed E-state index contributed by atoms with van der Waals surface area (Å²) in [7, 11) is 0. The number of hydrogen-bond acceptors (Lipinski definition) is 7. The maximum Gasteiger partial charge on any atom is 0.235 e. The SMILES string of the molecule is NCC(=O)N[C@@H]1O[C@H](CO)[C@@H](O)[C@H](O)[C@H]1O. The lowest BCUT2D eigenvalue weighted by molar-refractivity contribution is -0.235. The molecule has 1 heterocycles. The zero-order valence-electron chi connectivity index (χ0n) is 8.48. The number of amides is 1. The third kappa shape index (κ3) is 2.67. The number of aliphatic hydroxyl groups excluding tert-OH is 4. The number of carbonyl (C=O) groups excluding carboxylic acids is 1. The summed E-state index contributed by atoms with van der Waals surface area (Å²) in [6.07, 6.45) is -6.67. The Morgan fingerprint density at radius 2 is 1.88 bits per heavy atom. The van der Waals surface area contributed by atoms with Crippen LogP contribution in [0.5, 0.6) is 0 Å². The molecule has 1 saturated heterocycles. The fourth-order valence-corrected chi connectivity index (χ4v) is 1.44. The Balaban J connectivity index is 2.67. The van der Waals surface area contributed by atoms with E-state index in [1.807, 2.05) is 0 Å². The minimum Gasteiger partial charge on any atom is -0.394 e. The normalized spacial score (nSPS) is 39.4. The number of nitrogens with one attached hydrogen (secondary N) is 1. The van der Waals surface area contributed by atoms with E-state index in [9.17, 15) is 20.1 Å². The van der Waals surface area contributed by atoms with E-state index >= 15 is 0 Å². The van der Waals surface area contributed by atoms with Gasteiger partial charge in [-0.15, -0.1) is 0 Å². The van der Waals surface area contributed by atoms with Gasteiger partial charge in [0.05, 0.1) is 13.2 Å². The van der Waals surface area contributed by atoms with Crippen LogP contribution in [0.15, 0.2) is 0 Å². The maximum absolute atomic E-state index is 11.0. The molecule has 1 aliphatic heterocycles. The van der Waals surface area contributed by atoms with Crippen molar-refractivity contribution in [2.45, 2.75) is 30.6 Å². The first-order valence-corrected chi connectivity index (χ1v) is 4.81. The highest BCUT2D eigenvalue weighted by Gasteiger charge is 2.43. The summed E-state index contributed by atoms with van der Waals surface area (Å²) in [6, 6.07) is 0. The molecule has 7 N–H and O–H groups in total. The highest BCUT2D eigenvalue weighted by molar-refractivity contribution is 5.77. The van der Waals surface area contributed by atoms with Crippen LogP contribution in [0.2, 0.25) is 0 Å². The van der Waals surface area contributed by atoms with Gasteiger partial charge in [-0.25, -0.2) is 0 Å².